The molecule has 1 aliphatic rings. The summed E-state index contributed by atoms with van der Waals surface area (Å²) in [6.45, 7) is 13.7. The average Bonchev–Trinajstić information content (AvgIpc) is 2.67. The Morgan fingerprint density at radius 2 is 1.57 bits per heavy atom. The van der Waals surface area contributed by atoms with Gasteiger partial charge in [-0.25, -0.2) is 0 Å². The molecule has 0 aromatic carbocycles. The van der Waals surface area contributed by atoms with E-state index in [4.69, 9.17) is 0 Å². The number of hydrogen-bond donors (Lipinski definition) is 1. The van der Waals surface area contributed by atoms with Crippen LogP contribution in [0.15, 0.2) is 9.67 Å². The van der Waals surface area contributed by atoms with E-state index >= 15 is 0 Å². The first-order chi connectivity index (χ1) is 13.3. The molecule has 28 heavy (non-hydrogen) atoms. The predicted octanol–water partition coefficient (Wildman–Crippen LogP) is 7.32. The van der Waals surface area contributed by atoms with Crippen LogP contribution in [0.3, 0.4) is 0 Å². The summed E-state index contributed by atoms with van der Waals surface area (Å²) in [6.07, 6.45) is 12.0. The summed E-state index contributed by atoms with van der Waals surface area (Å²) in [6, 6.07) is 0. The zero-order chi connectivity index (χ0) is 21.2. The summed E-state index contributed by atoms with van der Waals surface area (Å²) in [5.74, 6) is 1.32. The fourth-order valence-electron chi connectivity index (χ4n) is 5.08. The number of ketones is 1. The second-order valence-electron chi connectivity index (χ2n) is 9.78. The first-order valence-corrected chi connectivity index (χ1v) is 19.7. The average molecular weight is 499 g/mol. The molecule has 0 radical (unpaired) electrons. The number of hydrogen-bond acceptors (Lipinski definition) is 2. The van der Waals surface area contributed by atoms with Crippen LogP contribution in [-0.4, -0.2) is 35.4 Å². The Balaban J connectivity index is 3.06. The third kappa shape index (κ3) is 7.78. The molecule has 3 heteroatoms. The number of allylic oxidation sites excluding steroid dienone is 1. The molecule has 1 rings (SSSR count). The summed E-state index contributed by atoms with van der Waals surface area (Å²) in [5.41, 5.74) is 0. The molecule has 1 fully saturated rings. The second-order valence-corrected chi connectivity index (χ2v) is 23.6. The minimum absolute atomic E-state index is 0.163. The van der Waals surface area contributed by atoms with E-state index in [0.29, 0.717) is 24.0 Å². The molecular formula is C25H48O2Sn. The van der Waals surface area contributed by atoms with Crippen LogP contribution in [0.2, 0.25) is 13.3 Å². The SMILES string of the molecule is CCC[CH2][Sn]([CH2]CCC)([CH2]CCC)/[C](C)=C/C(O)C1CC(C(C)C)CCC1=O. The maximum absolute atomic E-state index is 12.6. The van der Waals surface area contributed by atoms with E-state index in [2.05, 4.69) is 47.6 Å². The zero-order valence-electron chi connectivity index (χ0n) is 19.7. The van der Waals surface area contributed by atoms with E-state index in [-0.39, 0.29) is 5.92 Å². The van der Waals surface area contributed by atoms with Gasteiger partial charge < -0.3 is 0 Å². The molecule has 0 saturated heterocycles. The molecule has 0 heterocycles. The van der Waals surface area contributed by atoms with Crippen LogP contribution >= 0.6 is 0 Å². The predicted molar refractivity (Wildman–Crippen MR) is 125 cm³/mol. The first-order valence-electron chi connectivity index (χ1n) is 12.2. The summed E-state index contributed by atoms with van der Waals surface area (Å²) < 4.78 is 5.82. The Labute approximate surface area is 179 Å². The minimum atomic E-state index is -2.46. The summed E-state index contributed by atoms with van der Waals surface area (Å²) in [4.78, 5) is 12.6. The van der Waals surface area contributed by atoms with Crippen molar-refractivity contribution in [1.29, 1.82) is 0 Å². The molecule has 1 aliphatic carbocycles. The summed E-state index contributed by atoms with van der Waals surface area (Å²) in [7, 11) is 0. The molecule has 3 atom stereocenters. The van der Waals surface area contributed by atoms with E-state index in [1.807, 2.05) is 0 Å². The van der Waals surface area contributed by atoms with Gasteiger partial charge in [-0.15, -0.1) is 0 Å². The van der Waals surface area contributed by atoms with Crippen LogP contribution in [0.5, 0.6) is 0 Å². The van der Waals surface area contributed by atoms with Crippen molar-refractivity contribution in [2.24, 2.45) is 17.8 Å². The second kappa shape index (κ2) is 13.5. The number of carbonyl (C=O) groups excluding carboxylic acids is 1. The van der Waals surface area contributed by atoms with Gasteiger partial charge in [0.05, 0.1) is 0 Å². The number of carbonyl (C=O) groups is 1. The molecule has 0 aliphatic heterocycles. The molecule has 1 N–H and O–H groups in total. The van der Waals surface area contributed by atoms with Gasteiger partial charge in [0, 0.05) is 0 Å². The number of Topliss-reactive ketones (excluding diaryl/α,β-unsaturated/α-hetero) is 1. The molecule has 2 nitrogen and oxygen atoms in total. The Morgan fingerprint density at radius 1 is 1.07 bits per heavy atom. The Hall–Kier alpha value is 0.169. The van der Waals surface area contributed by atoms with Crippen LogP contribution in [0.25, 0.3) is 0 Å². The number of unbranched alkanes of at least 4 members (excludes halogenated alkanes) is 3. The molecule has 164 valence electrons. The Morgan fingerprint density at radius 3 is 2.00 bits per heavy atom. The number of aliphatic hydroxyl groups excluding tert-OH is 1. The van der Waals surface area contributed by atoms with E-state index in [0.717, 1.165) is 12.8 Å². The fraction of sp³-hybridized carbons (Fsp3) is 0.880. The molecule has 0 bridgehead atoms. The van der Waals surface area contributed by atoms with Crippen LogP contribution in [0.1, 0.15) is 99.3 Å². The van der Waals surface area contributed by atoms with Crippen molar-refractivity contribution in [3.8, 4) is 0 Å². The Kier molecular flexibility index (Phi) is 12.6. The van der Waals surface area contributed by atoms with E-state index in [9.17, 15) is 9.90 Å². The van der Waals surface area contributed by atoms with Crippen LogP contribution < -0.4 is 0 Å². The van der Waals surface area contributed by atoms with E-state index in [1.165, 1.54) is 51.8 Å². The van der Waals surface area contributed by atoms with Crippen LogP contribution in [0, 0.1) is 17.8 Å². The first kappa shape index (κ1) is 26.2. The van der Waals surface area contributed by atoms with Gasteiger partial charge in [-0.1, -0.05) is 0 Å². The van der Waals surface area contributed by atoms with Crippen LogP contribution in [-0.2, 0) is 4.79 Å². The van der Waals surface area contributed by atoms with Gasteiger partial charge >= 0.3 is 180 Å². The van der Waals surface area contributed by atoms with Gasteiger partial charge in [-0.05, 0) is 0 Å². The molecule has 3 unspecified atom stereocenters. The van der Waals surface area contributed by atoms with Crippen molar-refractivity contribution in [1.82, 2.24) is 0 Å². The van der Waals surface area contributed by atoms with Crippen molar-refractivity contribution in [2.75, 3.05) is 0 Å². The molecule has 0 amide bonds. The van der Waals surface area contributed by atoms with Crippen LogP contribution in [0.4, 0.5) is 0 Å². The molecule has 0 spiro atoms. The third-order valence-corrected chi connectivity index (χ3v) is 23.8. The van der Waals surface area contributed by atoms with Crippen molar-refractivity contribution in [2.45, 2.75) is 119 Å². The molecule has 1 saturated carbocycles. The van der Waals surface area contributed by atoms with Gasteiger partial charge in [-0.2, -0.15) is 0 Å². The normalized spacial score (nSPS) is 22.7. The Bertz CT molecular complexity index is 461. The van der Waals surface area contributed by atoms with Crippen molar-refractivity contribution in [3.63, 3.8) is 0 Å². The molecule has 0 aromatic heterocycles. The van der Waals surface area contributed by atoms with Gasteiger partial charge in [0.2, 0.25) is 0 Å². The van der Waals surface area contributed by atoms with Gasteiger partial charge in [0.1, 0.15) is 0 Å². The third-order valence-electron chi connectivity index (χ3n) is 7.37. The standard InChI is InChI=1S/C13H21O2.3C4H9.Sn/c1-4-5-12(14)11-8-10(9(2)3)6-7-13(11)15;3*1-3-4-2;/h5,9-12,14H,6-8H2,1-3H3;3*1,3-4H2,2H3;. The van der Waals surface area contributed by atoms with Crippen molar-refractivity contribution >= 4 is 24.2 Å². The quantitative estimate of drug-likeness (QED) is 0.270. The van der Waals surface area contributed by atoms with Crippen molar-refractivity contribution in [3.05, 3.63) is 9.67 Å². The van der Waals surface area contributed by atoms with E-state index in [1.54, 1.807) is 3.59 Å². The number of rotatable bonds is 13. The van der Waals surface area contributed by atoms with Crippen molar-refractivity contribution < 1.29 is 9.90 Å². The maximum atomic E-state index is 12.6. The summed E-state index contributed by atoms with van der Waals surface area (Å²) in [5, 5.41) is 11.1. The molecule has 0 aromatic rings. The number of aliphatic hydroxyl groups is 1. The monoisotopic (exact) mass is 500 g/mol. The fourth-order valence-corrected chi connectivity index (χ4v) is 20.9. The zero-order valence-corrected chi connectivity index (χ0v) is 22.6. The van der Waals surface area contributed by atoms with Gasteiger partial charge in [0.25, 0.3) is 0 Å². The summed E-state index contributed by atoms with van der Waals surface area (Å²) >= 11 is -2.46. The topological polar surface area (TPSA) is 37.3 Å². The van der Waals surface area contributed by atoms with E-state index < -0.39 is 24.5 Å². The molecular weight excluding hydrogens is 451 g/mol. The van der Waals surface area contributed by atoms with Gasteiger partial charge in [0.15, 0.2) is 0 Å². The van der Waals surface area contributed by atoms with Gasteiger partial charge in [-0.3, -0.25) is 0 Å².